The molecule has 164 valence electrons. The van der Waals surface area contributed by atoms with E-state index in [2.05, 4.69) is 21.8 Å². The van der Waals surface area contributed by atoms with Crippen molar-refractivity contribution in [2.75, 3.05) is 0 Å². The molecule has 3 heterocycles. The van der Waals surface area contributed by atoms with Crippen LogP contribution in [-0.4, -0.2) is 31.3 Å². The van der Waals surface area contributed by atoms with Gasteiger partial charge in [-0.1, -0.05) is 6.07 Å². The van der Waals surface area contributed by atoms with Crippen LogP contribution in [0, 0.1) is 11.3 Å². The summed E-state index contributed by atoms with van der Waals surface area (Å²) in [6, 6.07) is 12.1. The Labute approximate surface area is 182 Å². The Hall–Kier alpha value is -3.31. The molecule has 1 aromatic carbocycles. The zero-order valence-electron chi connectivity index (χ0n) is 17.2. The summed E-state index contributed by atoms with van der Waals surface area (Å²) in [6.07, 6.45) is 2.58. The lowest BCUT2D eigenvalue weighted by Gasteiger charge is -2.27. The smallest absolute Gasteiger partial charge is 0.393 e. The van der Waals surface area contributed by atoms with Gasteiger partial charge in [0.25, 0.3) is 0 Å². The number of pyridine rings is 1. The molecule has 0 aliphatic heterocycles. The second kappa shape index (κ2) is 7.68. The SMILES string of the molecule is N#Cc1c(-c2ccc3c(ccn3C3CCC(O)CC3)c2)ccn2c(CC(F)(F)F)cnc12. The summed E-state index contributed by atoms with van der Waals surface area (Å²) in [7, 11) is 0. The van der Waals surface area contributed by atoms with Crippen LogP contribution in [0.25, 0.3) is 27.7 Å². The molecular formula is C24H21F3N4O. The summed E-state index contributed by atoms with van der Waals surface area (Å²) in [5.74, 6) is 0. The topological polar surface area (TPSA) is 66.2 Å². The van der Waals surface area contributed by atoms with E-state index in [0.29, 0.717) is 11.6 Å². The Bertz CT molecular complexity index is 1340. The van der Waals surface area contributed by atoms with E-state index >= 15 is 0 Å². The van der Waals surface area contributed by atoms with E-state index in [4.69, 9.17) is 0 Å². The molecule has 0 atom stereocenters. The average Bonchev–Trinajstić information content (AvgIpc) is 3.36. The van der Waals surface area contributed by atoms with Gasteiger partial charge in [0.2, 0.25) is 0 Å². The molecule has 4 aromatic rings. The molecule has 5 rings (SSSR count). The Kier molecular flexibility index (Phi) is 4.94. The van der Waals surface area contributed by atoms with E-state index in [-0.39, 0.29) is 23.0 Å². The fourth-order valence-corrected chi connectivity index (χ4v) is 4.77. The number of imidazole rings is 1. The number of nitrogens with zero attached hydrogens (tertiary/aromatic N) is 4. The molecule has 1 fully saturated rings. The van der Waals surface area contributed by atoms with Crippen LogP contribution in [0.4, 0.5) is 13.2 Å². The average molecular weight is 438 g/mol. The maximum absolute atomic E-state index is 12.9. The number of benzene rings is 1. The monoisotopic (exact) mass is 438 g/mol. The van der Waals surface area contributed by atoms with E-state index in [0.717, 1.165) is 42.1 Å². The maximum atomic E-state index is 12.9. The molecule has 1 aliphatic carbocycles. The number of rotatable bonds is 3. The molecular weight excluding hydrogens is 417 g/mol. The molecule has 32 heavy (non-hydrogen) atoms. The fourth-order valence-electron chi connectivity index (χ4n) is 4.77. The van der Waals surface area contributed by atoms with Gasteiger partial charge in [-0.05, 0) is 55.5 Å². The lowest BCUT2D eigenvalue weighted by atomic mass is 9.93. The van der Waals surface area contributed by atoms with Gasteiger partial charge < -0.3 is 14.1 Å². The molecule has 0 spiro atoms. The zero-order valence-corrected chi connectivity index (χ0v) is 17.2. The maximum Gasteiger partial charge on any atom is 0.394 e. The Morgan fingerprint density at radius 3 is 2.59 bits per heavy atom. The zero-order chi connectivity index (χ0) is 22.5. The normalized spacial score (nSPS) is 19.5. The largest absolute Gasteiger partial charge is 0.394 e. The van der Waals surface area contributed by atoms with Crippen molar-refractivity contribution in [1.29, 1.82) is 5.26 Å². The van der Waals surface area contributed by atoms with Gasteiger partial charge in [0.1, 0.15) is 11.6 Å². The Morgan fingerprint density at radius 2 is 1.88 bits per heavy atom. The first-order valence-electron chi connectivity index (χ1n) is 10.6. The number of halogens is 3. The number of nitriles is 1. The van der Waals surface area contributed by atoms with Crippen molar-refractivity contribution < 1.29 is 18.3 Å². The summed E-state index contributed by atoms with van der Waals surface area (Å²) >= 11 is 0. The minimum atomic E-state index is -4.35. The van der Waals surface area contributed by atoms with E-state index in [1.807, 2.05) is 24.3 Å². The molecule has 1 N–H and O–H groups in total. The molecule has 5 nitrogen and oxygen atoms in total. The van der Waals surface area contributed by atoms with Gasteiger partial charge in [0.05, 0.1) is 18.2 Å². The fraction of sp³-hybridized carbons (Fsp3) is 0.333. The van der Waals surface area contributed by atoms with Crippen LogP contribution >= 0.6 is 0 Å². The van der Waals surface area contributed by atoms with Crippen LogP contribution in [0.3, 0.4) is 0 Å². The second-order valence-electron chi connectivity index (χ2n) is 8.41. The minimum absolute atomic E-state index is 0.000629. The van der Waals surface area contributed by atoms with Crippen molar-refractivity contribution >= 4 is 16.6 Å². The molecule has 0 unspecified atom stereocenters. The van der Waals surface area contributed by atoms with Crippen LogP contribution in [0.1, 0.15) is 43.0 Å². The summed E-state index contributed by atoms with van der Waals surface area (Å²) in [4.78, 5) is 4.11. The van der Waals surface area contributed by atoms with Crippen LogP contribution < -0.4 is 0 Å². The third-order valence-electron chi connectivity index (χ3n) is 6.34. The minimum Gasteiger partial charge on any atom is -0.393 e. The van der Waals surface area contributed by atoms with Crippen molar-refractivity contribution in [1.82, 2.24) is 14.0 Å². The first kappa shape index (κ1) is 20.6. The number of alkyl halides is 3. The van der Waals surface area contributed by atoms with Gasteiger partial charge in [-0.3, -0.25) is 0 Å². The highest BCUT2D eigenvalue weighted by Crippen LogP contribution is 2.35. The number of aliphatic hydroxyl groups is 1. The van der Waals surface area contributed by atoms with Crippen LogP contribution in [0.5, 0.6) is 0 Å². The molecule has 8 heteroatoms. The molecule has 1 saturated carbocycles. The lowest BCUT2D eigenvalue weighted by molar-refractivity contribution is -0.127. The van der Waals surface area contributed by atoms with Crippen LogP contribution in [0.15, 0.2) is 48.9 Å². The van der Waals surface area contributed by atoms with Crippen molar-refractivity contribution in [3.63, 3.8) is 0 Å². The molecule has 0 radical (unpaired) electrons. The summed E-state index contributed by atoms with van der Waals surface area (Å²) < 4.78 is 42.2. The van der Waals surface area contributed by atoms with Gasteiger partial charge in [-0.25, -0.2) is 4.98 Å². The molecule has 3 aromatic heterocycles. The van der Waals surface area contributed by atoms with E-state index in [1.54, 1.807) is 12.3 Å². The molecule has 0 bridgehead atoms. The van der Waals surface area contributed by atoms with Gasteiger partial charge in [0.15, 0.2) is 5.65 Å². The van der Waals surface area contributed by atoms with Crippen LogP contribution in [-0.2, 0) is 6.42 Å². The molecule has 1 aliphatic rings. The van der Waals surface area contributed by atoms with E-state index in [1.165, 1.54) is 10.6 Å². The number of aliphatic hydroxyl groups excluding tert-OH is 1. The lowest BCUT2D eigenvalue weighted by Crippen LogP contribution is -2.20. The van der Waals surface area contributed by atoms with Gasteiger partial charge in [-0.2, -0.15) is 18.4 Å². The summed E-state index contributed by atoms with van der Waals surface area (Å²) in [5.41, 5.74) is 3.01. The predicted octanol–water partition coefficient (Wildman–Crippen LogP) is 5.41. The van der Waals surface area contributed by atoms with Crippen molar-refractivity contribution in [3.05, 3.63) is 60.2 Å². The third kappa shape index (κ3) is 3.63. The van der Waals surface area contributed by atoms with Crippen molar-refractivity contribution in [2.45, 2.75) is 50.4 Å². The third-order valence-corrected chi connectivity index (χ3v) is 6.34. The Morgan fingerprint density at radius 1 is 1.09 bits per heavy atom. The Balaban J connectivity index is 1.54. The first-order valence-corrected chi connectivity index (χ1v) is 10.6. The second-order valence-corrected chi connectivity index (χ2v) is 8.41. The van der Waals surface area contributed by atoms with Crippen molar-refractivity contribution in [3.8, 4) is 17.2 Å². The van der Waals surface area contributed by atoms with E-state index < -0.39 is 12.6 Å². The first-order chi connectivity index (χ1) is 15.3. The van der Waals surface area contributed by atoms with Gasteiger partial charge in [-0.15, -0.1) is 0 Å². The number of fused-ring (bicyclic) bond motifs is 2. The van der Waals surface area contributed by atoms with Crippen LogP contribution in [0.2, 0.25) is 0 Å². The number of aromatic nitrogens is 3. The highest BCUT2D eigenvalue weighted by atomic mass is 19.4. The van der Waals surface area contributed by atoms with Gasteiger partial charge >= 0.3 is 6.18 Å². The molecule has 0 amide bonds. The summed E-state index contributed by atoms with van der Waals surface area (Å²) in [6.45, 7) is 0. The number of hydrogen-bond donors (Lipinski definition) is 1. The quantitative estimate of drug-likeness (QED) is 0.465. The summed E-state index contributed by atoms with van der Waals surface area (Å²) in [5, 5.41) is 20.6. The highest BCUT2D eigenvalue weighted by Gasteiger charge is 2.30. The molecule has 0 saturated heterocycles. The standard InChI is InChI=1S/C24H21F3N4O/c25-24(26,27)12-18-14-29-23-21(13-28)20(8-10-31(18)23)15-1-6-22-16(11-15)7-9-30(22)17-2-4-19(32)5-3-17/h1,6-11,14,17,19,32H,2-5,12H2. The van der Waals surface area contributed by atoms with Crippen molar-refractivity contribution in [2.24, 2.45) is 0 Å². The van der Waals surface area contributed by atoms with Gasteiger partial charge in [0, 0.05) is 41.1 Å². The highest BCUT2D eigenvalue weighted by molar-refractivity contribution is 5.88. The van der Waals surface area contributed by atoms with E-state index in [9.17, 15) is 23.5 Å². The number of hydrogen-bond acceptors (Lipinski definition) is 3. The predicted molar refractivity (Wildman–Crippen MR) is 114 cm³/mol.